The van der Waals surface area contributed by atoms with Crippen LogP contribution in [0.5, 0.6) is 0 Å². The molecule has 2 aliphatic rings. The number of hydrogen-bond acceptors (Lipinski definition) is 6. The monoisotopic (exact) mass is 400 g/mol. The number of nitrogens with one attached hydrogen (secondary N) is 2. The SMILES string of the molecule is CC(C)(C)OC(=O)N1CCNCC1.CC(C)(C)OC(=O)NC1CCC(N)CC1. The Morgan fingerprint density at radius 3 is 1.89 bits per heavy atom. The number of ether oxygens (including phenoxy) is 2. The van der Waals surface area contributed by atoms with Crippen molar-refractivity contribution in [2.24, 2.45) is 5.73 Å². The van der Waals surface area contributed by atoms with Gasteiger partial charge in [0.2, 0.25) is 0 Å². The fourth-order valence-corrected chi connectivity index (χ4v) is 2.91. The lowest BCUT2D eigenvalue weighted by molar-refractivity contribution is 0.0228. The Hall–Kier alpha value is -1.54. The Morgan fingerprint density at radius 2 is 1.43 bits per heavy atom. The van der Waals surface area contributed by atoms with E-state index in [1.165, 1.54) is 0 Å². The van der Waals surface area contributed by atoms with Crippen LogP contribution in [0.3, 0.4) is 0 Å². The summed E-state index contributed by atoms with van der Waals surface area (Å²) in [4.78, 5) is 24.7. The van der Waals surface area contributed by atoms with Crippen molar-refractivity contribution < 1.29 is 19.1 Å². The number of piperazine rings is 1. The molecule has 8 nitrogen and oxygen atoms in total. The first-order chi connectivity index (χ1) is 12.9. The van der Waals surface area contributed by atoms with E-state index in [4.69, 9.17) is 15.2 Å². The van der Waals surface area contributed by atoms with Gasteiger partial charge >= 0.3 is 12.2 Å². The standard InChI is InChI=1S/C11H22N2O2.C9H18N2O2/c1-11(2,3)15-10(14)13-9-6-4-8(12)5-7-9;1-9(2,3)13-8(12)11-6-4-10-5-7-11/h8-9H,4-7,12H2,1-3H3,(H,13,14);10H,4-7H2,1-3H3. The summed E-state index contributed by atoms with van der Waals surface area (Å²) in [6.45, 7) is 14.5. The Morgan fingerprint density at radius 1 is 0.929 bits per heavy atom. The van der Waals surface area contributed by atoms with Gasteiger partial charge in [-0.05, 0) is 67.2 Å². The summed E-state index contributed by atoms with van der Waals surface area (Å²) in [5.41, 5.74) is 4.98. The smallest absolute Gasteiger partial charge is 0.410 e. The van der Waals surface area contributed by atoms with Gasteiger partial charge in [0.1, 0.15) is 11.2 Å². The molecule has 0 atom stereocenters. The summed E-state index contributed by atoms with van der Waals surface area (Å²) < 4.78 is 10.4. The van der Waals surface area contributed by atoms with Crippen molar-refractivity contribution in [3.8, 4) is 0 Å². The van der Waals surface area contributed by atoms with Gasteiger partial charge < -0.3 is 30.7 Å². The van der Waals surface area contributed by atoms with Crippen molar-refractivity contribution in [1.29, 1.82) is 0 Å². The number of hydrogen-bond donors (Lipinski definition) is 3. The molecule has 0 radical (unpaired) electrons. The van der Waals surface area contributed by atoms with Crippen molar-refractivity contribution in [1.82, 2.24) is 15.5 Å². The molecule has 2 fully saturated rings. The van der Waals surface area contributed by atoms with Gasteiger partial charge in [0, 0.05) is 38.3 Å². The molecular weight excluding hydrogens is 360 g/mol. The molecule has 28 heavy (non-hydrogen) atoms. The van der Waals surface area contributed by atoms with Crippen LogP contribution in [0, 0.1) is 0 Å². The molecule has 1 aliphatic heterocycles. The summed E-state index contributed by atoms with van der Waals surface area (Å²) in [5, 5.41) is 6.06. The molecule has 2 amide bonds. The minimum atomic E-state index is -0.421. The van der Waals surface area contributed by atoms with E-state index in [1.807, 2.05) is 41.5 Å². The fourth-order valence-electron chi connectivity index (χ4n) is 2.91. The van der Waals surface area contributed by atoms with E-state index < -0.39 is 5.60 Å². The molecule has 1 saturated heterocycles. The summed E-state index contributed by atoms with van der Waals surface area (Å²) >= 11 is 0. The topological polar surface area (TPSA) is 106 Å². The van der Waals surface area contributed by atoms with E-state index in [-0.39, 0.29) is 23.8 Å². The zero-order valence-corrected chi connectivity index (χ0v) is 18.5. The Balaban J connectivity index is 0.000000283. The number of carbonyl (C=O) groups excluding carboxylic acids is 2. The predicted octanol–water partition coefficient (Wildman–Crippen LogP) is 2.61. The van der Waals surface area contributed by atoms with Crippen molar-refractivity contribution in [2.45, 2.75) is 90.5 Å². The highest BCUT2D eigenvalue weighted by atomic mass is 16.6. The van der Waals surface area contributed by atoms with E-state index in [2.05, 4.69) is 10.6 Å². The molecule has 8 heteroatoms. The van der Waals surface area contributed by atoms with E-state index in [9.17, 15) is 9.59 Å². The third kappa shape index (κ3) is 11.3. The number of nitrogens with zero attached hydrogens (tertiary/aromatic N) is 1. The quantitative estimate of drug-likeness (QED) is 0.625. The first-order valence-electron chi connectivity index (χ1n) is 10.3. The van der Waals surface area contributed by atoms with Crippen LogP contribution >= 0.6 is 0 Å². The lowest BCUT2D eigenvalue weighted by Gasteiger charge is -2.30. The number of nitrogens with two attached hydrogens (primary N) is 1. The third-order valence-corrected chi connectivity index (χ3v) is 4.26. The zero-order chi connectivity index (χ0) is 21.4. The summed E-state index contributed by atoms with van der Waals surface area (Å²) in [7, 11) is 0. The molecule has 0 aromatic heterocycles. The second-order valence-corrected chi connectivity index (χ2v) is 9.48. The Labute approximate surface area is 169 Å². The highest BCUT2D eigenvalue weighted by Gasteiger charge is 2.24. The van der Waals surface area contributed by atoms with E-state index >= 15 is 0 Å². The van der Waals surface area contributed by atoms with Crippen LogP contribution in [-0.4, -0.2) is 66.6 Å². The maximum Gasteiger partial charge on any atom is 0.410 e. The van der Waals surface area contributed by atoms with Crippen molar-refractivity contribution in [2.75, 3.05) is 26.2 Å². The highest BCUT2D eigenvalue weighted by molar-refractivity contribution is 5.68. The molecule has 4 N–H and O–H groups in total. The molecule has 0 spiro atoms. The van der Waals surface area contributed by atoms with Gasteiger partial charge in [-0.15, -0.1) is 0 Å². The summed E-state index contributed by atoms with van der Waals surface area (Å²) in [5.74, 6) is 0. The molecule has 0 bridgehead atoms. The van der Waals surface area contributed by atoms with Crippen LogP contribution in [-0.2, 0) is 9.47 Å². The van der Waals surface area contributed by atoms with Gasteiger partial charge in [-0.1, -0.05) is 0 Å². The Kier molecular flexibility index (Phi) is 9.50. The Bertz CT molecular complexity index is 485. The summed E-state index contributed by atoms with van der Waals surface area (Å²) in [6.07, 6.45) is 3.37. The second kappa shape index (κ2) is 10.9. The highest BCUT2D eigenvalue weighted by Crippen LogP contribution is 2.17. The van der Waals surface area contributed by atoms with Crippen molar-refractivity contribution in [3.63, 3.8) is 0 Å². The number of carbonyl (C=O) groups is 2. The maximum absolute atomic E-state index is 11.5. The molecule has 164 valence electrons. The average molecular weight is 401 g/mol. The number of rotatable bonds is 1. The molecule has 0 aromatic carbocycles. The van der Waals surface area contributed by atoms with Crippen LogP contribution in [0.15, 0.2) is 0 Å². The van der Waals surface area contributed by atoms with Crippen molar-refractivity contribution in [3.05, 3.63) is 0 Å². The van der Waals surface area contributed by atoms with Crippen LogP contribution in [0.25, 0.3) is 0 Å². The van der Waals surface area contributed by atoms with Gasteiger partial charge in [-0.25, -0.2) is 9.59 Å². The average Bonchev–Trinajstić information content (AvgIpc) is 2.55. The van der Waals surface area contributed by atoms with Gasteiger partial charge in [-0.2, -0.15) is 0 Å². The lowest BCUT2D eigenvalue weighted by Crippen LogP contribution is -2.48. The molecule has 0 unspecified atom stereocenters. The molecule has 1 heterocycles. The minimum absolute atomic E-state index is 0.200. The normalized spacial score (nSPS) is 23.2. The molecule has 2 rings (SSSR count). The molecule has 1 aliphatic carbocycles. The summed E-state index contributed by atoms with van der Waals surface area (Å²) in [6, 6.07) is 0.543. The van der Waals surface area contributed by atoms with Crippen molar-refractivity contribution >= 4 is 12.2 Å². The predicted molar refractivity (Wildman–Crippen MR) is 110 cm³/mol. The van der Waals surface area contributed by atoms with Crippen LogP contribution < -0.4 is 16.4 Å². The van der Waals surface area contributed by atoms with Crippen LogP contribution in [0.2, 0.25) is 0 Å². The van der Waals surface area contributed by atoms with Crippen LogP contribution in [0.4, 0.5) is 9.59 Å². The minimum Gasteiger partial charge on any atom is -0.444 e. The molecule has 1 saturated carbocycles. The lowest BCUT2D eigenvalue weighted by atomic mass is 9.92. The van der Waals surface area contributed by atoms with Gasteiger partial charge in [0.25, 0.3) is 0 Å². The molecule has 0 aromatic rings. The zero-order valence-electron chi connectivity index (χ0n) is 18.5. The van der Waals surface area contributed by atoms with E-state index in [0.717, 1.165) is 51.9 Å². The maximum atomic E-state index is 11.5. The second-order valence-electron chi connectivity index (χ2n) is 9.48. The number of alkyl carbamates (subject to hydrolysis) is 1. The van der Waals surface area contributed by atoms with Gasteiger partial charge in [0.05, 0.1) is 0 Å². The third-order valence-electron chi connectivity index (χ3n) is 4.26. The van der Waals surface area contributed by atoms with Crippen LogP contribution in [0.1, 0.15) is 67.2 Å². The fraction of sp³-hybridized carbons (Fsp3) is 0.900. The number of amides is 2. The first-order valence-corrected chi connectivity index (χ1v) is 10.3. The van der Waals surface area contributed by atoms with Gasteiger partial charge in [-0.3, -0.25) is 0 Å². The first kappa shape index (κ1) is 24.5. The van der Waals surface area contributed by atoms with Gasteiger partial charge in [0.15, 0.2) is 0 Å². The largest absolute Gasteiger partial charge is 0.444 e. The van der Waals surface area contributed by atoms with E-state index in [0.29, 0.717) is 6.04 Å². The molecular formula is C20H40N4O4. The van der Waals surface area contributed by atoms with E-state index in [1.54, 1.807) is 4.90 Å².